The molecular weight excluding hydrogens is 388 g/mol. The highest BCUT2D eigenvalue weighted by Crippen LogP contribution is 2.32. The van der Waals surface area contributed by atoms with E-state index in [1.807, 2.05) is 24.3 Å². The number of H-pyrrole nitrogens is 1. The predicted octanol–water partition coefficient (Wildman–Crippen LogP) is 4.71. The number of hydrogen-bond donors (Lipinski definition) is 3. The Morgan fingerprint density at radius 2 is 1.82 bits per heavy atom. The lowest BCUT2D eigenvalue weighted by Crippen LogP contribution is -2.21. The molecular formula is C21H22N4OS2. The Kier molecular flexibility index (Phi) is 5.75. The number of nitrogens with two attached hydrogens (primary N) is 1. The topological polar surface area (TPSA) is 83.8 Å². The Bertz CT molecular complexity index is 1050. The van der Waals surface area contributed by atoms with Gasteiger partial charge in [0.2, 0.25) is 0 Å². The molecule has 0 aliphatic heterocycles. The molecule has 0 fully saturated rings. The summed E-state index contributed by atoms with van der Waals surface area (Å²) in [6.45, 7) is 2.09. The molecule has 0 amide bonds. The van der Waals surface area contributed by atoms with E-state index in [4.69, 9.17) is 5.14 Å². The summed E-state index contributed by atoms with van der Waals surface area (Å²) >= 11 is 2.81. The van der Waals surface area contributed by atoms with Gasteiger partial charge in [-0.05, 0) is 98.0 Å². The molecule has 28 heavy (non-hydrogen) atoms. The summed E-state index contributed by atoms with van der Waals surface area (Å²) in [4.78, 5) is 14.3. The van der Waals surface area contributed by atoms with Crippen LogP contribution in [0.25, 0.3) is 11.3 Å². The molecule has 2 aromatic carbocycles. The van der Waals surface area contributed by atoms with E-state index in [9.17, 15) is 4.79 Å². The van der Waals surface area contributed by atoms with Crippen molar-refractivity contribution >= 4 is 29.6 Å². The summed E-state index contributed by atoms with van der Waals surface area (Å²) in [5.74, 6) is 0. The molecule has 144 valence electrons. The SMILES string of the molecule is Cc1ccc(-c2n[nH]c(=O)c3c2CCCC3)cc1SNc1ccc(SN)cc1. The minimum Gasteiger partial charge on any atom is -0.326 e. The first kappa shape index (κ1) is 19.1. The minimum absolute atomic E-state index is 0.0408. The van der Waals surface area contributed by atoms with Gasteiger partial charge in [0.25, 0.3) is 5.56 Å². The van der Waals surface area contributed by atoms with Crippen molar-refractivity contribution in [2.45, 2.75) is 42.4 Å². The quantitative estimate of drug-likeness (QED) is 0.528. The Balaban J connectivity index is 1.61. The standard InChI is InChI=1S/C21H22N4OS2/c1-13-6-7-14(20-17-4-2-3-5-18(17)21(26)24-23-20)12-19(13)28-25-15-8-10-16(27-22)11-9-15/h6-12,25H,2-5,22H2,1H3,(H,24,26). The van der Waals surface area contributed by atoms with Gasteiger partial charge < -0.3 is 4.72 Å². The van der Waals surface area contributed by atoms with Gasteiger partial charge in [0.05, 0.1) is 5.69 Å². The molecule has 0 spiro atoms. The van der Waals surface area contributed by atoms with Gasteiger partial charge in [0.15, 0.2) is 0 Å². The third-order valence-corrected chi connectivity index (χ3v) is 6.57. The van der Waals surface area contributed by atoms with Crippen LogP contribution in [0.1, 0.15) is 29.5 Å². The smallest absolute Gasteiger partial charge is 0.267 e. The average molecular weight is 411 g/mol. The van der Waals surface area contributed by atoms with Crippen LogP contribution < -0.4 is 15.4 Å². The molecule has 0 atom stereocenters. The average Bonchev–Trinajstić information content (AvgIpc) is 2.74. The van der Waals surface area contributed by atoms with Crippen LogP contribution in [0.3, 0.4) is 0 Å². The predicted molar refractivity (Wildman–Crippen MR) is 118 cm³/mol. The van der Waals surface area contributed by atoms with Crippen molar-refractivity contribution in [1.29, 1.82) is 0 Å². The first-order valence-electron chi connectivity index (χ1n) is 9.27. The highest BCUT2D eigenvalue weighted by Gasteiger charge is 2.19. The number of fused-ring (bicyclic) bond motifs is 1. The van der Waals surface area contributed by atoms with E-state index in [1.165, 1.54) is 17.5 Å². The van der Waals surface area contributed by atoms with Gasteiger partial charge in [-0.1, -0.05) is 12.1 Å². The van der Waals surface area contributed by atoms with E-state index in [-0.39, 0.29) is 5.56 Å². The molecule has 4 N–H and O–H groups in total. The number of nitrogens with zero attached hydrogens (tertiary/aromatic N) is 1. The van der Waals surface area contributed by atoms with Gasteiger partial charge in [-0.25, -0.2) is 5.10 Å². The molecule has 0 bridgehead atoms. The maximum atomic E-state index is 12.1. The number of aryl methyl sites for hydroxylation is 1. The zero-order valence-corrected chi connectivity index (χ0v) is 17.3. The Hall–Kier alpha value is -2.22. The monoisotopic (exact) mass is 410 g/mol. The summed E-state index contributed by atoms with van der Waals surface area (Å²) < 4.78 is 3.39. The van der Waals surface area contributed by atoms with Crippen molar-refractivity contribution in [2.24, 2.45) is 5.14 Å². The maximum absolute atomic E-state index is 12.1. The maximum Gasteiger partial charge on any atom is 0.267 e. The van der Waals surface area contributed by atoms with E-state index in [1.54, 1.807) is 11.9 Å². The van der Waals surface area contributed by atoms with Crippen LogP contribution in [0.15, 0.2) is 57.1 Å². The van der Waals surface area contributed by atoms with Crippen LogP contribution in [0, 0.1) is 6.92 Å². The number of nitrogens with one attached hydrogen (secondary N) is 2. The van der Waals surface area contributed by atoms with Gasteiger partial charge >= 0.3 is 0 Å². The van der Waals surface area contributed by atoms with Crippen LogP contribution in [0.2, 0.25) is 0 Å². The molecule has 1 aromatic heterocycles. The highest BCUT2D eigenvalue weighted by molar-refractivity contribution is 8.00. The van der Waals surface area contributed by atoms with Crippen LogP contribution in [-0.4, -0.2) is 10.2 Å². The van der Waals surface area contributed by atoms with E-state index in [0.717, 1.165) is 63.5 Å². The molecule has 0 saturated heterocycles. The lowest BCUT2D eigenvalue weighted by molar-refractivity contribution is 0.669. The minimum atomic E-state index is -0.0408. The molecule has 1 aliphatic carbocycles. The molecule has 0 radical (unpaired) electrons. The zero-order chi connectivity index (χ0) is 19.5. The van der Waals surface area contributed by atoms with Crippen molar-refractivity contribution in [3.05, 3.63) is 69.5 Å². The number of aromatic amines is 1. The molecule has 0 saturated carbocycles. The number of benzene rings is 2. The van der Waals surface area contributed by atoms with Crippen LogP contribution >= 0.6 is 23.9 Å². The second kappa shape index (κ2) is 8.43. The number of hydrogen-bond acceptors (Lipinski definition) is 6. The van der Waals surface area contributed by atoms with Crippen molar-refractivity contribution in [2.75, 3.05) is 4.72 Å². The van der Waals surface area contributed by atoms with Crippen LogP contribution in [0.5, 0.6) is 0 Å². The summed E-state index contributed by atoms with van der Waals surface area (Å²) in [6, 6.07) is 14.4. The lowest BCUT2D eigenvalue weighted by atomic mass is 9.90. The Labute approximate surface area is 172 Å². The van der Waals surface area contributed by atoms with Crippen molar-refractivity contribution in [1.82, 2.24) is 10.2 Å². The van der Waals surface area contributed by atoms with E-state index in [0.29, 0.717) is 0 Å². The van der Waals surface area contributed by atoms with E-state index in [2.05, 4.69) is 40.0 Å². The van der Waals surface area contributed by atoms with E-state index < -0.39 is 0 Å². The summed E-state index contributed by atoms with van der Waals surface area (Å²) in [7, 11) is 0. The fraction of sp³-hybridized carbons (Fsp3) is 0.238. The fourth-order valence-corrected chi connectivity index (χ4v) is 4.54. The number of rotatable bonds is 5. The number of anilines is 1. The zero-order valence-electron chi connectivity index (χ0n) is 15.6. The second-order valence-corrected chi connectivity index (χ2v) is 8.45. The third-order valence-electron chi connectivity index (χ3n) is 5.03. The van der Waals surface area contributed by atoms with Gasteiger partial charge in [-0.15, -0.1) is 0 Å². The number of aromatic nitrogens is 2. The molecule has 3 aromatic rings. The van der Waals surface area contributed by atoms with E-state index >= 15 is 0 Å². The van der Waals surface area contributed by atoms with Crippen LogP contribution in [0.4, 0.5) is 5.69 Å². The first-order valence-corrected chi connectivity index (χ1v) is 11.0. The van der Waals surface area contributed by atoms with Crippen LogP contribution in [-0.2, 0) is 12.8 Å². The Morgan fingerprint density at radius 1 is 1.07 bits per heavy atom. The molecule has 5 nitrogen and oxygen atoms in total. The molecule has 7 heteroatoms. The largest absolute Gasteiger partial charge is 0.326 e. The van der Waals surface area contributed by atoms with Crippen molar-refractivity contribution < 1.29 is 0 Å². The molecule has 1 aliphatic rings. The third kappa shape index (κ3) is 3.97. The van der Waals surface area contributed by atoms with Gasteiger partial charge in [-0.2, -0.15) is 5.10 Å². The summed E-state index contributed by atoms with van der Waals surface area (Å²) in [6.07, 6.45) is 3.94. The second-order valence-electron chi connectivity index (χ2n) is 6.89. The summed E-state index contributed by atoms with van der Waals surface area (Å²) in [5.41, 5.74) is 6.13. The first-order chi connectivity index (χ1) is 13.7. The van der Waals surface area contributed by atoms with Gasteiger partial charge in [0, 0.05) is 26.6 Å². The van der Waals surface area contributed by atoms with Crippen molar-refractivity contribution in [3.8, 4) is 11.3 Å². The highest BCUT2D eigenvalue weighted by atomic mass is 32.2. The van der Waals surface area contributed by atoms with Gasteiger partial charge in [0.1, 0.15) is 0 Å². The lowest BCUT2D eigenvalue weighted by Gasteiger charge is -2.18. The normalized spacial score (nSPS) is 13.2. The summed E-state index contributed by atoms with van der Waals surface area (Å²) in [5, 5.41) is 12.7. The van der Waals surface area contributed by atoms with Gasteiger partial charge in [-0.3, -0.25) is 9.93 Å². The molecule has 0 unspecified atom stereocenters. The van der Waals surface area contributed by atoms with Crippen molar-refractivity contribution in [3.63, 3.8) is 0 Å². The molecule has 1 heterocycles. The Morgan fingerprint density at radius 3 is 2.57 bits per heavy atom. The fourth-order valence-electron chi connectivity index (χ4n) is 3.47. The molecule has 4 rings (SSSR count).